The smallest absolute Gasteiger partial charge is 0.306 e. The number of carbonyl (C=O) groups is 2. The third kappa shape index (κ3) is 22.5. The lowest BCUT2D eigenvalue weighted by Crippen LogP contribution is -2.33. The maximum Gasteiger partial charge on any atom is 0.306 e. The van der Waals surface area contributed by atoms with Gasteiger partial charge in [-0.25, -0.2) is 29.9 Å². The molecule has 0 bridgehead atoms. The van der Waals surface area contributed by atoms with Crippen molar-refractivity contribution in [3.05, 3.63) is 60.7 Å². The van der Waals surface area contributed by atoms with Crippen LogP contribution in [0.2, 0.25) is 5.28 Å². The minimum Gasteiger partial charge on any atom is -0.460 e. The number of esters is 2. The molecule has 0 saturated heterocycles. The van der Waals surface area contributed by atoms with Gasteiger partial charge >= 0.3 is 11.9 Å². The fourth-order valence-electron chi connectivity index (χ4n) is 6.80. The predicted molar refractivity (Wildman–Crippen MR) is 225 cm³/mol. The first-order chi connectivity index (χ1) is 27.0. The minimum absolute atomic E-state index is 0.0667. The highest BCUT2D eigenvalue weighted by Crippen LogP contribution is 2.29. The second kappa shape index (κ2) is 24.7. The first-order valence-corrected chi connectivity index (χ1v) is 20.8. The molecule has 3 aromatic rings. The van der Waals surface area contributed by atoms with E-state index >= 15 is 0 Å². The molecule has 14 nitrogen and oxygen atoms in total. The van der Waals surface area contributed by atoms with E-state index in [1.807, 2.05) is 53.7 Å². The number of halogens is 1. The van der Waals surface area contributed by atoms with Crippen molar-refractivity contribution in [3.8, 4) is 0 Å². The Morgan fingerprint density at radius 1 is 0.561 bits per heavy atom. The van der Waals surface area contributed by atoms with Crippen molar-refractivity contribution in [1.82, 2.24) is 29.9 Å². The van der Waals surface area contributed by atoms with Gasteiger partial charge in [0.15, 0.2) is 0 Å². The lowest BCUT2D eigenvalue weighted by atomic mass is 9.84. The van der Waals surface area contributed by atoms with Crippen LogP contribution < -0.4 is 22.1 Å². The third-order valence-corrected chi connectivity index (χ3v) is 9.79. The topological polar surface area (TPSA) is 206 Å². The number of nitrogens with two attached hydrogens (primary N) is 2. The summed E-state index contributed by atoms with van der Waals surface area (Å²) in [6.07, 6.45) is 24.1. The van der Waals surface area contributed by atoms with Crippen molar-refractivity contribution in [2.45, 2.75) is 167 Å². The molecule has 0 atom stereocenters. The summed E-state index contributed by atoms with van der Waals surface area (Å²) < 4.78 is 10.7. The number of aromatic nitrogens is 6. The summed E-state index contributed by atoms with van der Waals surface area (Å²) in [6.45, 7) is 11.4. The van der Waals surface area contributed by atoms with Crippen molar-refractivity contribution < 1.29 is 19.1 Å². The Morgan fingerprint density at radius 2 is 0.860 bits per heavy atom. The molecule has 6 rings (SSSR count). The Morgan fingerprint density at radius 3 is 1.18 bits per heavy atom. The first-order valence-electron chi connectivity index (χ1n) is 20.5. The molecule has 15 heteroatoms. The number of rotatable bonds is 8. The molecule has 57 heavy (non-hydrogen) atoms. The van der Waals surface area contributed by atoms with Crippen LogP contribution in [0.1, 0.15) is 131 Å². The fraction of sp³-hybridized carbons (Fsp3) is 0.667. The van der Waals surface area contributed by atoms with Gasteiger partial charge < -0.3 is 31.6 Å². The number of anilines is 2. The van der Waals surface area contributed by atoms with Crippen LogP contribution in [0.15, 0.2) is 55.4 Å². The van der Waals surface area contributed by atoms with Crippen LogP contribution in [0.5, 0.6) is 0 Å². The lowest BCUT2D eigenvalue weighted by molar-refractivity contribution is -0.157. The SMILES string of the molecule is CC(C)(C)OC(=O)CC1CCC(N)CC1.CC(C)(C)OC(=O)CC1CCC(Nc2ncccn2)CC1.Clc1ncccn1.NC1CCC(Nc2ncccn2)CC1. The number of hydrogen-bond acceptors (Lipinski definition) is 14. The van der Waals surface area contributed by atoms with Crippen molar-refractivity contribution in [3.63, 3.8) is 0 Å². The van der Waals surface area contributed by atoms with Gasteiger partial charge in [0.2, 0.25) is 17.2 Å². The van der Waals surface area contributed by atoms with Crippen LogP contribution in [-0.4, -0.2) is 77.2 Å². The molecule has 0 aliphatic heterocycles. The zero-order valence-corrected chi connectivity index (χ0v) is 35.7. The molecule has 0 radical (unpaired) electrons. The van der Waals surface area contributed by atoms with Crippen molar-refractivity contribution in [1.29, 1.82) is 0 Å². The average Bonchev–Trinajstić information content (AvgIpc) is 3.15. The molecule has 3 aliphatic carbocycles. The van der Waals surface area contributed by atoms with Crippen LogP contribution in [0.4, 0.5) is 11.9 Å². The Labute approximate surface area is 344 Å². The van der Waals surface area contributed by atoms with E-state index in [0.717, 1.165) is 83.0 Å². The monoisotopic (exact) mass is 811 g/mol. The largest absolute Gasteiger partial charge is 0.460 e. The standard InChI is InChI=1S/C16H25N3O2.C12H23NO2.C10H16N4.C4H3ClN2/c1-16(2,3)21-14(20)11-12-5-7-13(8-6-12)19-15-17-9-4-10-18-15;1-12(2,3)15-11(14)8-9-4-6-10(13)7-5-9;11-8-2-4-9(5-3-8)14-10-12-6-1-7-13-10;5-4-6-2-1-3-7-4/h4,9-10,12-13H,5-8,11H2,1-3H3,(H,17,18,19);9-10H,4-8,13H2,1-3H3;1,6-9H,2-5,11H2,(H,12,13,14);1-3H. The van der Waals surface area contributed by atoms with Crippen LogP contribution in [0, 0.1) is 11.8 Å². The molecule has 0 aromatic carbocycles. The summed E-state index contributed by atoms with van der Waals surface area (Å²) in [5.74, 6) is 2.20. The predicted octanol–water partition coefficient (Wildman–Crippen LogP) is 7.70. The quantitative estimate of drug-likeness (QED) is 0.127. The highest BCUT2D eigenvalue weighted by Gasteiger charge is 2.26. The Hall–Kier alpha value is -4.01. The van der Waals surface area contributed by atoms with Crippen LogP contribution >= 0.6 is 11.6 Å². The van der Waals surface area contributed by atoms with Gasteiger partial charge in [0.1, 0.15) is 11.2 Å². The number of ether oxygens (including phenoxy) is 2. The second-order valence-corrected chi connectivity index (χ2v) is 17.5. The van der Waals surface area contributed by atoms with Crippen molar-refractivity contribution in [2.75, 3.05) is 10.6 Å². The molecule has 316 valence electrons. The van der Waals surface area contributed by atoms with E-state index in [-0.39, 0.29) is 23.1 Å². The number of nitrogens with one attached hydrogen (secondary N) is 2. The van der Waals surface area contributed by atoms with E-state index in [1.54, 1.807) is 43.2 Å². The van der Waals surface area contributed by atoms with Gasteiger partial charge in [-0.1, -0.05) is 0 Å². The second-order valence-electron chi connectivity index (χ2n) is 17.1. The van der Waals surface area contributed by atoms with Gasteiger partial charge in [-0.05, 0) is 160 Å². The fourth-order valence-corrected chi connectivity index (χ4v) is 6.91. The maximum absolute atomic E-state index is 11.8. The van der Waals surface area contributed by atoms with Crippen LogP contribution in [-0.2, 0) is 19.1 Å². The van der Waals surface area contributed by atoms with E-state index in [9.17, 15) is 9.59 Å². The molecular formula is C42H67ClN10O4. The first kappa shape index (κ1) is 47.4. The third-order valence-electron chi connectivity index (χ3n) is 9.59. The molecule has 6 N–H and O–H groups in total. The maximum atomic E-state index is 11.8. The molecule has 0 amide bonds. The molecule has 3 saturated carbocycles. The highest BCUT2D eigenvalue weighted by molar-refractivity contribution is 6.28. The highest BCUT2D eigenvalue weighted by atomic mass is 35.5. The van der Waals surface area contributed by atoms with Gasteiger partial charge in [-0.3, -0.25) is 9.59 Å². The van der Waals surface area contributed by atoms with E-state index in [0.29, 0.717) is 60.1 Å². The molecular weight excluding hydrogens is 744 g/mol. The summed E-state index contributed by atoms with van der Waals surface area (Å²) >= 11 is 5.32. The average molecular weight is 812 g/mol. The lowest BCUT2D eigenvalue weighted by Gasteiger charge is -2.29. The normalized spacial score (nSPS) is 23.3. The summed E-state index contributed by atoms with van der Waals surface area (Å²) in [4.78, 5) is 47.3. The number of nitrogens with zero attached hydrogens (tertiary/aromatic N) is 6. The molecule has 3 aliphatic rings. The van der Waals surface area contributed by atoms with Crippen LogP contribution in [0.25, 0.3) is 0 Å². The zero-order chi connectivity index (χ0) is 41.7. The summed E-state index contributed by atoms with van der Waals surface area (Å²) in [5, 5.41) is 6.97. The van der Waals surface area contributed by atoms with Gasteiger partial charge in [0, 0.05) is 74.2 Å². The van der Waals surface area contributed by atoms with Crippen molar-refractivity contribution in [2.24, 2.45) is 23.3 Å². The minimum atomic E-state index is -0.388. The van der Waals surface area contributed by atoms with Crippen molar-refractivity contribution >= 4 is 35.4 Å². The van der Waals surface area contributed by atoms with Gasteiger partial charge in [-0.2, -0.15) is 0 Å². The van der Waals surface area contributed by atoms with Gasteiger partial charge in [0.25, 0.3) is 0 Å². The Bertz CT molecular complexity index is 1520. The van der Waals surface area contributed by atoms with E-state index in [2.05, 4.69) is 40.5 Å². The molecule has 3 heterocycles. The van der Waals surface area contributed by atoms with E-state index in [1.165, 1.54) is 0 Å². The zero-order valence-electron chi connectivity index (χ0n) is 34.9. The van der Waals surface area contributed by atoms with Gasteiger partial charge in [-0.15, -0.1) is 0 Å². The number of carbonyl (C=O) groups excluding carboxylic acids is 2. The molecule has 3 fully saturated rings. The number of hydrogen-bond donors (Lipinski definition) is 4. The van der Waals surface area contributed by atoms with Crippen LogP contribution in [0.3, 0.4) is 0 Å². The van der Waals surface area contributed by atoms with E-state index < -0.39 is 0 Å². The summed E-state index contributed by atoms with van der Waals surface area (Å²) in [6, 6.07) is 6.99. The Balaban J connectivity index is 0.000000215. The van der Waals surface area contributed by atoms with Gasteiger partial charge in [0.05, 0.1) is 0 Å². The van der Waals surface area contributed by atoms with E-state index in [4.69, 9.17) is 32.5 Å². The molecule has 3 aromatic heterocycles. The summed E-state index contributed by atoms with van der Waals surface area (Å²) in [7, 11) is 0. The summed E-state index contributed by atoms with van der Waals surface area (Å²) in [5.41, 5.74) is 10.9. The molecule has 0 unspecified atom stereocenters. The Kier molecular flexibility index (Phi) is 20.5. The molecule has 0 spiro atoms.